The van der Waals surface area contributed by atoms with Gasteiger partial charge >= 0.3 is 0 Å². The molecule has 1 aromatic rings. The molecule has 1 amide bonds. The summed E-state index contributed by atoms with van der Waals surface area (Å²) < 4.78 is 10.6. The van der Waals surface area contributed by atoms with Gasteiger partial charge < -0.3 is 14.8 Å². The van der Waals surface area contributed by atoms with Gasteiger partial charge in [0.05, 0.1) is 6.61 Å². The monoisotopic (exact) mass is 221 g/mol. The SMILES string of the molecule is CC(=O)Nc1ccc(OCC2CO2)c(C)c1. The van der Waals surface area contributed by atoms with Crippen molar-refractivity contribution in [3.63, 3.8) is 0 Å². The molecule has 1 aromatic carbocycles. The van der Waals surface area contributed by atoms with E-state index in [9.17, 15) is 4.79 Å². The molecule has 0 saturated carbocycles. The van der Waals surface area contributed by atoms with Gasteiger partial charge in [-0.15, -0.1) is 0 Å². The minimum absolute atomic E-state index is 0.0700. The number of ether oxygens (including phenoxy) is 2. The van der Waals surface area contributed by atoms with E-state index in [-0.39, 0.29) is 12.0 Å². The molecule has 2 rings (SSSR count). The van der Waals surface area contributed by atoms with Crippen molar-refractivity contribution in [1.29, 1.82) is 0 Å². The van der Waals surface area contributed by atoms with Crippen molar-refractivity contribution >= 4 is 11.6 Å². The molecule has 0 bridgehead atoms. The molecule has 0 aliphatic carbocycles. The van der Waals surface area contributed by atoms with Crippen molar-refractivity contribution in [1.82, 2.24) is 0 Å². The Bertz CT molecular complexity index is 399. The number of amides is 1. The standard InChI is InChI=1S/C12H15NO3/c1-8-5-10(13-9(2)14)3-4-12(8)16-7-11-6-15-11/h3-5,11H,6-7H2,1-2H3,(H,13,14). The van der Waals surface area contributed by atoms with Gasteiger partial charge in [0, 0.05) is 12.6 Å². The number of carbonyl (C=O) groups excluding carboxylic acids is 1. The fourth-order valence-corrected chi connectivity index (χ4v) is 1.44. The van der Waals surface area contributed by atoms with Crippen molar-refractivity contribution in [2.75, 3.05) is 18.5 Å². The molecule has 0 radical (unpaired) electrons. The third-order valence-electron chi connectivity index (χ3n) is 2.32. The highest BCUT2D eigenvalue weighted by Crippen LogP contribution is 2.23. The normalized spacial score (nSPS) is 18.0. The first-order chi connectivity index (χ1) is 7.65. The molecule has 0 aromatic heterocycles. The minimum atomic E-state index is -0.0700. The van der Waals surface area contributed by atoms with Gasteiger partial charge in [0.1, 0.15) is 18.5 Å². The van der Waals surface area contributed by atoms with Crippen LogP contribution < -0.4 is 10.1 Å². The van der Waals surface area contributed by atoms with Crippen LogP contribution in [0.2, 0.25) is 0 Å². The maximum atomic E-state index is 10.9. The quantitative estimate of drug-likeness (QED) is 0.788. The van der Waals surface area contributed by atoms with Gasteiger partial charge in [-0.3, -0.25) is 4.79 Å². The Kier molecular flexibility index (Phi) is 3.10. The Labute approximate surface area is 94.6 Å². The lowest BCUT2D eigenvalue weighted by Gasteiger charge is -2.09. The summed E-state index contributed by atoms with van der Waals surface area (Å²) >= 11 is 0. The topological polar surface area (TPSA) is 50.9 Å². The molecule has 1 saturated heterocycles. The maximum absolute atomic E-state index is 10.9. The zero-order valence-electron chi connectivity index (χ0n) is 9.45. The summed E-state index contributed by atoms with van der Waals surface area (Å²) in [4.78, 5) is 10.9. The number of rotatable bonds is 4. The van der Waals surface area contributed by atoms with Crippen LogP contribution in [-0.4, -0.2) is 25.2 Å². The summed E-state index contributed by atoms with van der Waals surface area (Å²) in [6.45, 7) is 4.84. The van der Waals surface area contributed by atoms with E-state index < -0.39 is 0 Å². The minimum Gasteiger partial charge on any atom is -0.491 e. The second-order valence-electron chi connectivity index (χ2n) is 3.93. The summed E-state index contributed by atoms with van der Waals surface area (Å²) in [6.07, 6.45) is 0.259. The van der Waals surface area contributed by atoms with Crippen LogP contribution in [0.1, 0.15) is 12.5 Å². The summed E-state index contributed by atoms with van der Waals surface area (Å²) in [5.74, 6) is 0.768. The van der Waals surface area contributed by atoms with E-state index >= 15 is 0 Å². The molecule has 4 heteroatoms. The lowest BCUT2D eigenvalue weighted by atomic mass is 10.2. The molecule has 1 N–H and O–H groups in total. The molecule has 1 heterocycles. The molecule has 86 valence electrons. The van der Waals surface area contributed by atoms with E-state index in [1.807, 2.05) is 25.1 Å². The summed E-state index contributed by atoms with van der Waals surface area (Å²) in [6, 6.07) is 5.59. The Balaban J connectivity index is 2.00. The highest BCUT2D eigenvalue weighted by atomic mass is 16.6. The van der Waals surface area contributed by atoms with Crippen LogP contribution in [0.25, 0.3) is 0 Å². The molecule has 1 aliphatic rings. The number of hydrogen-bond donors (Lipinski definition) is 1. The van der Waals surface area contributed by atoms with E-state index in [0.29, 0.717) is 6.61 Å². The zero-order chi connectivity index (χ0) is 11.5. The second kappa shape index (κ2) is 4.53. The van der Waals surface area contributed by atoms with Crippen LogP contribution in [-0.2, 0) is 9.53 Å². The van der Waals surface area contributed by atoms with Crippen molar-refractivity contribution in [2.45, 2.75) is 20.0 Å². The van der Waals surface area contributed by atoms with Crippen LogP contribution in [0, 0.1) is 6.92 Å². The summed E-state index contributed by atoms with van der Waals surface area (Å²) in [7, 11) is 0. The second-order valence-corrected chi connectivity index (χ2v) is 3.93. The molecular formula is C12H15NO3. The summed E-state index contributed by atoms with van der Waals surface area (Å²) in [5, 5.41) is 2.73. The van der Waals surface area contributed by atoms with Crippen molar-refractivity contribution in [3.8, 4) is 5.75 Å². The highest BCUT2D eigenvalue weighted by Gasteiger charge is 2.23. The van der Waals surface area contributed by atoms with E-state index in [2.05, 4.69) is 5.32 Å². The first kappa shape index (κ1) is 11.0. The molecular weight excluding hydrogens is 206 g/mol. The van der Waals surface area contributed by atoms with Crippen molar-refractivity contribution in [2.24, 2.45) is 0 Å². The van der Waals surface area contributed by atoms with Crippen molar-refractivity contribution < 1.29 is 14.3 Å². The highest BCUT2D eigenvalue weighted by molar-refractivity contribution is 5.88. The number of hydrogen-bond acceptors (Lipinski definition) is 3. The lowest BCUT2D eigenvalue weighted by Crippen LogP contribution is -2.07. The molecule has 16 heavy (non-hydrogen) atoms. The Hall–Kier alpha value is -1.55. The molecule has 4 nitrogen and oxygen atoms in total. The lowest BCUT2D eigenvalue weighted by molar-refractivity contribution is -0.114. The predicted molar refractivity (Wildman–Crippen MR) is 60.7 cm³/mol. The smallest absolute Gasteiger partial charge is 0.221 e. The van der Waals surface area contributed by atoms with Crippen LogP contribution in [0.5, 0.6) is 5.75 Å². The average Bonchev–Trinajstić information content (AvgIpc) is 2.99. The number of nitrogens with one attached hydrogen (secondary N) is 1. The van der Waals surface area contributed by atoms with E-state index in [1.165, 1.54) is 6.92 Å². The summed E-state index contributed by atoms with van der Waals surface area (Å²) in [5.41, 5.74) is 1.80. The average molecular weight is 221 g/mol. The first-order valence-corrected chi connectivity index (χ1v) is 5.28. The Morgan fingerprint density at radius 1 is 1.62 bits per heavy atom. The third kappa shape index (κ3) is 2.97. The molecule has 1 aliphatic heterocycles. The van der Waals surface area contributed by atoms with Gasteiger partial charge in [0.2, 0.25) is 5.91 Å². The number of anilines is 1. The van der Waals surface area contributed by atoms with Gasteiger partial charge in [-0.1, -0.05) is 0 Å². The number of benzene rings is 1. The molecule has 1 atom stereocenters. The van der Waals surface area contributed by atoms with Crippen LogP contribution in [0.15, 0.2) is 18.2 Å². The van der Waals surface area contributed by atoms with E-state index in [0.717, 1.165) is 23.6 Å². The maximum Gasteiger partial charge on any atom is 0.221 e. The largest absolute Gasteiger partial charge is 0.491 e. The van der Waals surface area contributed by atoms with Gasteiger partial charge in [0.15, 0.2) is 0 Å². The van der Waals surface area contributed by atoms with E-state index in [1.54, 1.807) is 0 Å². The number of epoxide rings is 1. The predicted octanol–water partition coefficient (Wildman–Crippen LogP) is 1.73. The van der Waals surface area contributed by atoms with Gasteiger partial charge in [0.25, 0.3) is 0 Å². The van der Waals surface area contributed by atoms with E-state index in [4.69, 9.17) is 9.47 Å². The molecule has 0 spiro atoms. The zero-order valence-corrected chi connectivity index (χ0v) is 9.45. The Morgan fingerprint density at radius 3 is 2.94 bits per heavy atom. The number of aryl methyl sites for hydroxylation is 1. The van der Waals surface area contributed by atoms with Crippen molar-refractivity contribution in [3.05, 3.63) is 23.8 Å². The van der Waals surface area contributed by atoms with Crippen LogP contribution in [0.4, 0.5) is 5.69 Å². The van der Waals surface area contributed by atoms with Gasteiger partial charge in [-0.05, 0) is 30.7 Å². The van der Waals surface area contributed by atoms with Gasteiger partial charge in [-0.25, -0.2) is 0 Å². The van der Waals surface area contributed by atoms with Crippen LogP contribution in [0.3, 0.4) is 0 Å². The fraction of sp³-hybridized carbons (Fsp3) is 0.417. The fourth-order valence-electron chi connectivity index (χ4n) is 1.44. The van der Waals surface area contributed by atoms with Crippen LogP contribution >= 0.6 is 0 Å². The number of carbonyl (C=O) groups is 1. The van der Waals surface area contributed by atoms with Gasteiger partial charge in [-0.2, -0.15) is 0 Å². The third-order valence-corrected chi connectivity index (χ3v) is 2.32. The first-order valence-electron chi connectivity index (χ1n) is 5.28. The Morgan fingerprint density at radius 2 is 2.38 bits per heavy atom. The molecule has 1 fully saturated rings. The molecule has 1 unspecified atom stereocenters.